The van der Waals surface area contributed by atoms with Crippen LogP contribution in [0, 0.1) is 0 Å². The average molecular weight is 170 g/mol. The van der Waals surface area contributed by atoms with Gasteiger partial charge in [-0.2, -0.15) is 0 Å². The molecule has 7 heteroatoms. The summed E-state index contributed by atoms with van der Waals surface area (Å²) in [7, 11) is -5.11. The van der Waals surface area contributed by atoms with Crippen molar-refractivity contribution in [1.82, 2.24) is 0 Å². The fraction of sp³-hybridized carbons (Fsp3) is 0. The molecule has 0 atom stereocenters. The molecule has 0 bridgehead atoms. The van der Waals surface area contributed by atoms with Crippen LogP contribution in [0.25, 0.3) is 0 Å². The first-order valence-corrected chi connectivity index (χ1v) is 2.58. The van der Waals surface area contributed by atoms with Crippen LogP contribution in [0.5, 0.6) is 0 Å². The van der Waals surface area contributed by atoms with E-state index in [1.165, 1.54) is 0 Å². The van der Waals surface area contributed by atoms with Gasteiger partial charge in [-0.05, 0) is 0 Å². The van der Waals surface area contributed by atoms with Crippen molar-refractivity contribution in [1.29, 1.82) is 0 Å². The number of hydrogen-bond donors (Lipinski definition) is 3. The summed E-state index contributed by atoms with van der Waals surface area (Å²) in [6, 6.07) is 0. The molecule has 0 saturated heterocycles. The van der Waals surface area contributed by atoms with Crippen molar-refractivity contribution in [3.63, 3.8) is 0 Å². The Balaban J connectivity index is -0.0000000133. The van der Waals surface area contributed by atoms with Gasteiger partial charge in [0.15, 0.2) is 17.4 Å². The van der Waals surface area contributed by atoms with E-state index in [4.69, 9.17) is 14.4 Å². The molecular formula is H8AlCaFO3Si. The van der Waals surface area contributed by atoms with Crippen molar-refractivity contribution in [3.8, 4) is 0 Å². The first kappa shape index (κ1) is 15.9. The summed E-state index contributed by atoms with van der Waals surface area (Å²) in [4.78, 5) is 21.3. The van der Waals surface area contributed by atoms with Crippen molar-refractivity contribution < 1.29 is 21.3 Å². The third-order valence-corrected chi connectivity index (χ3v) is 0. The summed E-state index contributed by atoms with van der Waals surface area (Å²) >= 11 is 0. The average Bonchev–Trinajstić information content (AvgIpc) is 0.722. The van der Waals surface area contributed by atoms with Crippen LogP contribution in [0.15, 0.2) is 0 Å². The fourth-order valence-corrected chi connectivity index (χ4v) is 0. The van der Waals surface area contributed by atoms with Gasteiger partial charge in [-0.3, -0.25) is 0 Å². The Bertz CT molecular complexity index is 37.3. The SMILES string of the molecule is O[Si](O)(O)F.[AlH3].[Ca+2].[H-].[H-]. The zero-order valence-corrected chi connectivity index (χ0v) is 6.14. The minimum Gasteiger partial charge on any atom is -1.00 e. The Hall–Kier alpha value is 1.82. The Morgan fingerprint density at radius 3 is 1.29 bits per heavy atom. The van der Waals surface area contributed by atoms with Gasteiger partial charge in [-0.1, -0.05) is 0 Å². The molecule has 0 unspecified atom stereocenters. The third-order valence-electron chi connectivity index (χ3n) is 0. The standard InChI is InChI=1S/Al.Ca.FH3O3Si.5H/c;;1-5(2,3)4;;;;;/h;;2-4H;;;;;/q;+2;;;;;2*-1. The smallest absolute Gasteiger partial charge is 1.00 e. The van der Waals surface area contributed by atoms with E-state index >= 15 is 0 Å². The van der Waals surface area contributed by atoms with Crippen LogP contribution in [-0.4, -0.2) is 78.6 Å². The molecule has 0 heterocycles. The molecule has 0 saturated carbocycles. The molecule has 7 heavy (non-hydrogen) atoms. The minimum absolute atomic E-state index is 0. The molecule has 0 aromatic carbocycles. The van der Waals surface area contributed by atoms with Crippen LogP contribution in [0.2, 0.25) is 0 Å². The molecule has 0 aliphatic carbocycles. The second kappa shape index (κ2) is 5.95. The van der Waals surface area contributed by atoms with E-state index < -0.39 is 9.14 Å². The Kier molecular flexibility index (Phi) is 13.5. The van der Waals surface area contributed by atoms with Crippen LogP contribution in [0.3, 0.4) is 0 Å². The van der Waals surface area contributed by atoms with Gasteiger partial charge in [-0.25, -0.2) is 4.11 Å². The normalized spacial score (nSPS) is 8.57. The molecule has 0 rings (SSSR count). The molecule has 42 valence electrons. The molecule has 0 aliphatic heterocycles. The number of rotatable bonds is 0. The summed E-state index contributed by atoms with van der Waals surface area (Å²) in [6.07, 6.45) is 0. The summed E-state index contributed by atoms with van der Waals surface area (Å²) in [5, 5.41) is 0. The zero-order chi connectivity index (χ0) is 4.50. The minimum atomic E-state index is -5.11. The molecule has 0 fully saturated rings. The van der Waals surface area contributed by atoms with Crippen molar-refractivity contribution >= 4 is 64.2 Å². The predicted molar refractivity (Wildman–Crippen MR) is 31.4 cm³/mol. The molecule has 0 spiro atoms. The van der Waals surface area contributed by atoms with Crippen molar-refractivity contribution in [2.75, 3.05) is 0 Å². The van der Waals surface area contributed by atoms with Crippen LogP contribution >= 0.6 is 0 Å². The molecule has 0 radical (unpaired) electrons. The third kappa shape index (κ3) is 80.0. The predicted octanol–water partition coefficient (Wildman–Crippen LogP) is -2.97. The largest absolute Gasteiger partial charge is 2.00 e. The fourth-order valence-electron chi connectivity index (χ4n) is 0. The summed E-state index contributed by atoms with van der Waals surface area (Å²) in [5.41, 5.74) is 0. The molecule has 0 amide bonds. The number of hydrogen-bond acceptors (Lipinski definition) is 3. The van der Waals surface area contributed by atoms with Crippen LogP contribution in [0.4, 0.5) is 4.11 Å². The van der Waals surface area contributed by atoms with Gasteiger partial charge in [0.2, 0.25) is 0 Å². The van der Waals surface area contributed by atoms with Crippen LogP contribution < -0.4 is 0 Å². The molecule has 3 N–H and O–H groups in total. The van der Waals surface area contributed by atoms with Gasteiger partial charge in [0.1, 0.15) is 0 Å². The van der Waals surface area contributed by atoms with E-state index in [0.29, 0.717) is 0 Å². The maximum atomic E-state index is 10.5. The Morgan fingerprint density at radius 1 is 1.29 bits per heavy atom. The second-order valence-corrected chi connectivity index (χ2v) is 1.66. The van der Waals surface area contributed by atoms with Gasteiger partial charge in [0.25, 0.3) is 0 Å². The van der Waals surface area contributed by atoms with E-state index in [1.54, 1.807) is 0 Å². The summed E-state index contributed by atoms with van der Waals surface area (Å²) < 4.78 is 10.5. The molecule has 0 aliphatic rings. The topological polar surface area (TPSA) is 60.7 Å². The zero-order valence-electron chi connectivity index (χ0n) is 4.93. The monoisotopic (exact) mass is 170 g/mol. The molecule has 0 aromatic rings. The van der Waals surface area contributed by atoms with E-state index in [1.807, 2.05) is 0 Å². The summed E-state index contributed by atoms with van der Waals surface area (Å²) in [6.45, 7) is 0. The Labute approximate surface area is 84.8 Å². The van der Waals surface area contributed by atoms with Gasteiger partial charge < -0.3 is 17.2 Å². The van der Waals surface area contributed by atoms with Gasteiger partial charge in [0, 0.05) is 0 Å². The molecular weight excluding hydrogens is 162 g/mol. The maximum absolute atomic E-state index is 10.5. The Morgan fingerprint density at radius 2 is 1.29 bits per heavy atom. The van der Waals surface area contributed by atoms with Gasteiger partial charge >= 0.3 is 46.9 Å². The first-order valence-electron chi connectivity index (χ1n) is 0.860. The first-order chi connectivity index (χ1) is 2.00. The van der Waals surface area contributed by atoms with Crippen molar-refractivity contribution in [3.05, 3.63) is 0 Å². The van der Waals surface area contributed by atoms with E-state index in [9.17, 15) is 4.11 Å². The van der Waals surface area contributed by atoms with Crippen LogP contribution in [-0.2, 0) is 0 Å². The van der Waals surface area contributed by atoms with Gasteiger partial charge in [-0.15, -0.1) is 0 Å². The molecule has 3 nitrogen and oxygen atoms in total. The maximum Gasteiger partial charge on any atom is 2.00 e. The van der Waals surface area contributed by atoms with Crippen molar-refractivity contribution in [2.45, 2.75) is 0 Å². The summed E-state index contributed by atoms with van der Waals surface area (Å²) in [5.74, 6) is 0. The van der Waals surface area contributed by atoms with E-state index in [0.717, 1.165) is 0 Å². The molecule has 0 aromatic heterocycles. The quantitative estimate of drug-likeness (QED) is 0.269. The van der Waals surface area contributed by atoms with Crippen molar-refractivity contribution in [2.24, 2.45) is 0 Å². The van der Waals surface area contributed by atoms with Gasteiger partial charge in [0.05, 0.1) is 0 Å². The number of halogens is 1. The van der Waals surface area contributed by atoms with E-state index in [-0.39, 0.29) is 58.0 Å². The second-order valence-electron chi connectivity index (χ2n) is 0.554. The van der Waals surface area contributed by atoms with Crippen LogP contribution in [0.1, 0.15) is 2.85 Å². The van der Waals surface area contributed by atoms with E-state index in [2.05, 4.69) is 0 Å².